The topological polar surface area (TPSA) is 49.4 Å². The van der Waals surface area contributed by atoms with Crippen molar-refractivity contribution in [3.63, 3.8) is 0 Å². The molecule has 2 aromatic carbocycles. The predicted molar refractivity (Wildman–Crippen MR) is 95.3 cm³/mol. The standard InChI is InChI=1S/C17H17ClN2O2S/c1-20(2)17(22)12-5-3-7-14(9-12)19-16(21)11-23-15-8-4-6-13(18)10-15/h3-10H,11H2,1-2H3,(H,19,21). The molecule has 2 amide bonds. The van der Waals surface area contributed by atoms with Gasteiger partial charge in [0.2, 0.25) is 5.91 Å². The number of benzene rings is 2. The average molecular weight is 349 g/mol. The van der Waals surface area contributed by atoms with Crippen molar-refractivity contribution in [1.82, 2.24) is 4.90 Å². The quantitative estimate of drug-likeness (QED) is 0.837. The van der Waals surface area contributed by atoms with Crippen molar-refractivity contribution in [3.05, 3.63) is 59.1 Å². The first-order valence-corrected chi connectivity index (χ1v) is 8.32. The zero-order valence-corrected chi connectivity index (χ0v) is 14.4. The summed E-state index contributed by atoms with van der Waals surface area (Å²) in [6.07, 6.45) is 0. The minimum atomic E-state index is -0.135. The molecule has 0 atom stereocenters. The van der Waals surface area contributed by atoms with Gasteiger partial charge in [0.05, 0.1) is 5.75 Å². The number of thioether (sulfide) groups is 1. The van der Waals surface area contributed by atoms with Gasteiger partial charge in [0.1, 0.15) is 0 Å². The van der Waals surface area contributed by atoms with Gasteiger partial charge in [0.15, 0.2) is 0 Å². The minimum Gasteiger partial charge on any atom is -0.345 e. The van der Waals surface area contributed by atoms with E-state index in [1.165, 1.54) is 16.7 Å². The van der Waals surface area contributed by atoms with E-state index < -0.39 is 0 Å². The first-order valence-electron chi connectivity index (χ1n) is 6.95. The molecule has 6 heteroatoms. The van der Waals surface area contributed by atoms with Crippen molar-refractivity contribution in [3.8, 4) is 0 Å². The molecule has 0 aromatic heterocycles. The Morgan fingerprint density at radius 1 is 1.13 bits per heavy atom. The molecule has 0 bridgehead atoms. The van der Waals surface area contributed by atoms with Crippen LogP contribution in [0.1, 0.15) is 10.4 Å². The number of rotatable bonds is 5. The maximum Gasteiger partial charge on any atom is 0.253 e. The number of anilines is 1. The first-order chi connectivity index (χ1) is 11.0. The summed E-state index contributed by atoms with van der Waals surface area (Å²) >= 11 is 7.32. The highest BCUT2D eigenvalue weighted by Crippen LogP contribution is 2.22. The van der Waals surface area contributed by atoms with Crippen LogP contribution in [0.3, 0.4) is 0 Å². The van der Waals surface area contributed by atoms with E-state index in [2.05, 4.69) is 5.32 Å². The molecule has 0 radical (unpaired) electrons. The van der Waals surface area contributed by atoms with Crippen LogP contribution in [0.25, 0.3) is 0 Å². The summed E-state index contributed by atoms with van der Waals surface area (Å²) in [7, 11) is 3.38. The van der Waals surface area contributed by atoms with Crippen LogP contribution in [0.5, 0.6) is 0 Å². The molecule has 0 spiro atoms. The zero-order valence-electron chi connectivity index (χ0n) is 12.9. The summed E-state index contributed by atoms with van der Waals surface area (Å²) in [6, 6.07) is 14.3. The Hall–Kier alpha value is -1.98. The lowest BCUT2D eigenvalue weighted by molar-refractivity contribution is -0.113. The first kappa shape index (κ1) is 17.4. The Morgan fingerprint density at radius 3 is 2.57 bits per heavy atom. The maximum absolute atomic E-state index is 12.0. The number of nitrogens with one attached hydrogen (secondary N) is 1. The summed E-state index contributed by atoms with van der Waals surface area (Å²) in [5.41, 5.74) is 1.14. The van der Waals surface area contributed by atoms with E-state index >= 15 is 0 Å². The molecule has 2 aromatic rings. The average Bonchev–Trinajstić information content (AvgIpc) is 2.52. The highest BCUT2D eigenvalue weighted by molar-refractivity contribution is 8.00. The van der Waals surface area contributed by atoms with Crippen molar-refractivity contribution < 1.29 is 9.59 Å². The summed E-state index contributed by atoms with van der Waals surface area (Å²) in [5.74, 6) is 0.0328. The number of carbonyl (C=O) groups excluding carboxylic acids is 2. The highest BCUT2D eigenvalue weighted by atomic mass is 35.5. The van der Waals surface area contributed by atoms with E-state index in [-0.39, 0.29) is 17.6 Å². The molecule has 0 aliphatic heterocycles. The largest absolute Gasteiger partial charge is 0.345 e. The minimum absolute atomic E-state index is 0.102. The normalized spacial score (nSPS) is 10.2. The van der Waals surface area contributed by atoms with Crippen LogP contribution in [-0.2, 0) is 4.79 Å². The van der Waals surface area contributed by atoms with E-state index in [1.54, 1.807) is 44.4 Å². The molecule has 0 heterocycles. The van der Waals surface area contributed by atoms with Crippen LogP contribution >= 0.6 is 23.4 Å². The molecule has 2 rings (SSSR count). The number of nitrogens with zero attached hydrogens (tertiary/aromatic N) is 1. The van der Waals surface area contributed by atoms with Crippen LogP contribution in [0.15, 0.2) is 53.4 Å². The van der Waals surface area contributed by atoms with Gasteiger partial charge in [-0.15, -0.1) is 11.8 Å². The number of carbonyl (C=O) groups is 2. The summed E-state index contributed by atoms with van der Waals surface area (Å²) in [5, 5.41) is 3.44. The van der Waals surface area contributed by atoms with Crippen LogP contribution < -0.4 is 5.32 Å². The van der Waals surface area contributed by atoms with Gasteiger partial charge in [-0.2, -0.15) is 0 Å². The van der Waals surface area contributed by atoms with Crippen molar-refractivity contribution in [1.29, 1.82) is 0 Å². The third-order valence-electron chi connectivity index (χ3n) is 2.97. The third-order valence-corrected chi connectivity index (χ3v) is 4.19. The molecule has 23 heavy (non-hydrogen) atoms. The molecule has 120 valence electrons. The molecule has 0 aliphatic rings. The monoisotopic (exact) mass is 348 g/mol. The SMILES string of the molecule is CN(C)C(=O)c1cccc(NC(=O)CSc2cccc(Cl)c2)c1. The van der Waals surface area contributed by atoms with Gasteiger partial charge in [-0.1, -0.05) is 23.7 Å². The van der Waals surface area contributed by atoms with Crippen molar-refractivity contribution in [2.45, 2.75) is 4.90 Å². The van der Waals surface area contributed by atoms with Crippen LogP contribution in [0, 0.1) is 0 Å². The Bertz CT molecular complexity index is 719. The van der Waals surface area contributed by atoms with Crippen molar-refractivity contribution in [2.75, 3.05) is 25.2 Å². The van der Waals surface area contributed by atoms with Crippen LogP contribution in [-0.4, -0.2) is 36.6 Å². The fraction of sp³-hybridized carbons (Fsp3) is 0.176. The van der Waals surface area contributed by atoms with Crippen molar-refractivity contribution in [2.24, 2.45) is 0 Å². The molecule has 0 saturated heterocycles. The van der Waals surface area contributed by atoms with Gasteiger partial charge in [-0.3, -0.25) is 9.59 Å². The fourth-order valence-corrected chi connectivity index (χ4v) is 2.90. The lowest BCUT2D eigenvalue weighted by Crippen LogP contribution is -2.22. The zero-order chi connectivity index (χ0) is 16.8. The van der Waals surface area contributed by atoms with Gasteiger partial charge >= 0.3 is 0 Å². The molecular formula is C17H17ClN2O2S. The predicted octanol–water partition coefficient (Wildman–Crippen LogP) is 3.77. The molecule has 0 unspecified atom stereocenters. The molecule has 0 aliphatic carbocycles. The van der Waals surface area contributed by atoms with E-state index in [0.717, 1.165) is 4.90 Å². The Morgan fingerprint density at radius 2 is 1.87 bits per heavy atom. The summed E-state index contributed by atoms with van der Waals surface area (Å²) in [6.45, 7) is 0. The highest BCUT2D eigenvalue weighted by Gasteiger charge is 2.10. The Kier molecular flexibility index (Phi) is 6.07. The molecule has 1 N–H and O–H groups in total. The number of amides is 2. The molecule has 0 saturated carbocycles. The Balaban J connectivity index is 1.95. The van der Waals surface area contributed by atoms with E-state index in [0.29, 0.717) is 16.3 Å². The lowest BCUT2D eigenvalue weighted by Gasteiger charge is -2.11. The van der Waals surface area contributed by atoms with Gasteiger partial charge in [0, 0.05) is 35.3 Å². The molecular weight excluding hydrogens is 332 g/mol. The summed E-state index contributed by atoms with van der Waals surface area (Å²) < 4.78 is 0. The van der Waals surface area contributed by atoms with Crippen LogP contribution in [0.4, 0.5) is 5.69 Å². The van der Waals surface area contributed by atoms with Crippen molar-refractivity contribution >= 4 is 40.9 Å². The van der Waals surface area contributed by atoms with Gasteiger partial charge < -0.3 is 10.2 Å². The Labute approximate surface area is 144 Å². The van der Waals surface area contributed by atoms with Gasteiger partial charge in [-0.05, 0) is 36.4 Å². The third kappa shape index (κ3) is 5.30. The van der Waals surface area contributed by atoms with Gasteiger partial charge in [0.25, 0.3) is 5.91 Å². The molecule has 0 fully saturated rings. The van der Waals surface area contributed by atoms with E-state index in [4.69, 9.17) is 11.6 Å². The molecule has 4 nitrogen and oxygen atoms in total. The smallest absolute Gasteiger partial charge is 0.253 e. The van der Waals surface area contributed by atoms with Crippen LogP contribution in [0.2, 0.25) is 5.02 Å². The van der Waals surface area contributed by atoms with Gasteiger partial charge in [-0.25, -0.2) is 0 Å². The lowest BCUT2D eigenvalue weighted by atomic mass is 10.2. The number of halogens is 1. The second kappa shape index (κ2) is 8.04. The van der Waals surface area contributed by atoms with E-state index in [9.17, 15) is 9.59 Å². The second-order valence-corrected chi connectivity index (χ2v) is 6.56. The fourth-order valence-electron chi connectivity index (χ4n) is 1.89. The maximum atomic E-state index is 12.0. The summed E-state index contributed by atoms with van der Waals surface area (Å²) in [4.78, 5) is 26.4. The number of hydrogen-bond donors (Lipinski definition) is 1. The van der Waals surface area contributed by atoms with E-state index in [1.807, 2.05) is 18.2 Å². The second-order valence-electron chi connectivity index (χ2n) is 5.07. The number of hydrogen-bond acceptors (Lipinski definition) is 3.